The number of carbonyl (C=O) groups excluding carboxylic acids is 1. The van der Waals surface area contributed by atoms with E-state index in [2.05, 4.69) is 46.9 Å². The third-order valence-corrected chi connectivity index (χ3v) is 3.62. The molecule has 0 radical (unpaired) electrons. The summed E-state index contributed by atoms with van der Waals surface area (Å²) in [6.07, 6.45) is 1.64. The lowest BCUT2D eigenvalue weighted by atomic mass is 9.83. The average molecular weight is 256 g/mol. The van der Waals surface area contributed by atoms with Crippen LogP contribution in [0.2, 0.25) is 0 Å². The van der Waals surface area contributed by atoms with Crippen molar-refractivity contribution in [3.63, 3.8) is 0 Å². The van der Waals surface area contributed by atoms with Crippen molar-refractivity contribution >= 4 is 5.91 Å². The first kappa shape index (κ1) is 17.4. The summed E-state index contributed by atoms with van der Waals surface area (Å²) < 4.78 is 0. The van der Waals surface area contributed by atoms with E-state index in [1.807, 2.05) is 6.92 Å². The molecular formula is C15H32N2O. The number of hydrogen-bond acceptors (Lipinski definition) is 2. The van der Waals surface area contributed by atoms with Crippen LogP contribution in [0.3, 0.4) is 0 Å². The Balaban J connectivity index is 4.34. The third-order valence-electron chi connectivity index (χ3n) is 3.62. The van der Waals surface area contributed by atoms with Gasteiger partial charge < -0.3 is 11.1 Å². The molecule has 0 bridgehead atoms. The van der Waals surface area contributed by atoms with Crippen molar-refractivity contribution in [1.82, 2.24) is 5.32 Å². The molecule has 108 valence electrons. The number of nitrogens with one attached hydrogen (secondary N) is 1. The van der Waals surface area contributed by atoms with Gasteiger partial charge in [0.15, 0.2) is 0 Å². The molecule has 0 aliphatic heterocycles. The van der Waals surface area contributed by atoms with Gasteiger partial charge >= 0.3 is 0 Å². The molecule has 0 rings (SSSR count). The Morgan fingerprint density at radius 1 is 1.17 bits per heavy atom. The highest BCUT2D eigenvalue weighted by Gasteiger charge is 2.29. The second-order valence-electron chi connectivity index (χ2n) is 7.40. The fourth-order valence-electron chi connectivity index (χ4n) is 2.23. The molecule has 3 N–H and O–H groups in total. The summed E-state index contributed by atoms with van der Waals surface area (Å²) in [5.74, 6) is 0.858. The van der Waals surface area contributed by atoms with E-state index in [4.69, 9.17) is 5.73 Å². The average Bonchev–Trinajstić information content (AvgIpc) is 2.13. The first-order chi connectivity index (χ1) is 8.00. The first-order valence-electron chi connectivity index (χ1n) is 7.01. The van der Waals surface area contributed by atoms with Gasteiger partial charge in [-0.15, -0.1) is 0 Å². The Kier molecular flexibility index (Phi) is 6.35. The molecule has 0 heterocycles. The molecule has 0 spiro atoms. The summed E-state index contributed by atoms with van der Waals surface area (Å²) in [6, 6.07) is 0. The number of rotatable bonds is 6. The number of amides is 1. The van der Waals surface area contributed by atoms with Crippen LogP contribution in [0.1, 0.15) is 61.3 Å². The second-order valence-corrected chi connectivity index (χ2v) is 7.40. The van der Waals surface area contributed by atoms with Gasteiger partial charge in [0.2, 0.25) is 5.91 Å². The molecular weight excluding hydrogens is 224 g/mol. The van der Waals surface area contributed by atoms with Gasteiger partial charge in [0.25, 0.3) is 0 Å². The van der Waals surface area contributed by atoms with E-state index in [1.54, 1.807) is 0 Å². The Hall–Kier alpha value is -0.570. The molecule has 2 atom stereocenters. The highest BCUT2D eigenvalue weighted by molar-refractivity contribution is 5.77. The molecule has 18 heavy (non-hydrogen) atoms. The van der Waals surface area contributed by atoms with Gasteiger partial charge in [0.1, 0.15) is 0 Å². The van der Waals surface area contributed by atoms with Gasteiger partial charge in [0.05, 0.1) is 5.54 Å². The van der Waals surface area contributed by atoms with E-state index in [0.29, 0.717) is 24.8 Å². The van der Waals surface area contributed by atoms with E-state index >= 15 is 0 Å². The molecule has 0 aromatic rings. The monoisotopic (exact) mass is 256 g/mol. The van der Waals surface area contributed by atoms with Crippen LogP contribution in [0, 0.1) is 17.3 Å². The zero-order valence-electron chi connectivity index (χ0n) is 13.3. The van der Waals surface area contributed by atoms with Gasteiger partial charge in [-0.1, -0.05) is 41.5 Å². The molecule has 2 unspecified atom stereocenters. The van der Waals surface area contributed by atoms with Crippen molar-refractivity contribution < 1.29 is 4.79 Å². The lowest BCUT2D eigenvalue weighted by Gasteiger charge is -2.34. The van der Waals surface area contributed by atoms with Crippen molar-refractivity contribution in [3.8, 4) is 0 Å². The molecule has 0 aliphatic carbocycles. The lowest BCUT2D eigenvalue weighted by molar-refractivity contribution is -0.124. The minimum absolute atomic E-state index is 0.119. The quantitative estimate of drug-likeness (QED) is 0.767. The summed E-state index contributed by atoms with van der Waals surface area (Å²) in [5.41, 5.74) is 5.75. The Morgan fingerprint density at radius 2 is 1.67 bits per heavy atom. The SMILES string of the molecule is CC(CC(=O)NC(C)(CN)C(C)C)CC(C)(C)C. The maximum Gasteiger partial charge on any atom is 0.220 e. The van der Waals surface area contributed by atoms with Gasteiger partial charge in [-0.25, -0.2) is 0 Å². The molecule has 0 aliphatic rings. The zero-order chi connectivity index (χ0) is 14.6. The van der Waals surface area contributed by atoms with Crippen LogP contribution < -0.4 is 11.1 Å². The van der Waals surface area contributed by atoms with Crippen LogP contribution in [0.4, 0.5) is 0 Å². The maximum atomic E-state index is 12.1. The van der Waals surface area contributed by atoms with Gasteiger partial charge in [-0.3, -0.25) is 4.79 Å². The summed E-state index contributed by atoms with van der Waals surface area (Å²) in [6.45, 7) is 15.4. The van der Waals surface area contributed by atoms with Gasteiger partial charge in [-0.2, -0.15) is 0 Å². The van der Waals surface area contributed by atoms with Crippen LogP contribution in [-0.2, 0) is 4.79 Å². The Morgan fingerprint density at radius 3 is 2.00 bits per heavy atom. The lowest BCUT2D eigenvalue weighted by Crippen LogP contribution is -2.55. The van der Waals surface area contributed by atoms with Gasteiger partial charge in [-0.05, 0) is 30.6 Å². The van der Waals surface area contributed by atoms with Crippen LogP contribution in [0.25, 0.3) is 0 Å². The molecule has 0 saturated carbocycles. The number of carbonyl (C=O) groups is 1. The smallest absolute Gasteiger partial charge is 0.220 e. The van der Waals surface area contributed by atoms with E-state index in [0.717, 1.165) is 6.42 Å². The third kappa shape index (κ3) is 6.39. The second kappa shape index (κ2) is 6.55. The maximum absolute atomic E-state index is 12.1. The summed E-state index contributed by atoms with van der Waals surface area (Å²) in [5, 5.41) is 3.10. The van der Waals surface area contributed by atoms with Crippen molar-refractivity contribution in [2.24, 2.45) is 23.0 Å². The zero-order valence-corrected chi connectivity index (χ0v) is 13.3. The summed E-state index contributed by atoms with van der Waals surface area (Å²) >= 11 is 0. The molecule has 0 saturated heterocycles. The Bertz CT molecular complexity index is 268. The van der Waals surface area contributed by atoms with E-state index in [-0.39, 0.29) is 16.9 Å². The Labute approximate surface area is 113 Å². The van der Waals surface area contributed by atoms with Crippen molar-refractivity contribution in [1.29, 1.82) is 0 Å². The fourth-order valence-corrected chi connectivity index (χ4v) is 2.23. The van der Waals surface area contributed by atoms with Crippen LogP contribution in [0.15, 0.2) is 0 Å². The highest BCUT2D eigenvalue weighted by Crippen LogP contribution is 2.26. The summed E-state index contributed by atoms with van der Waals surface area (Å²) in [7, 11) is 0. The molecule has 1 amide bonds. The standard InChI is InChI=1S/C15H32N2O/c1-11(2)15(7,10-16)17-13(18)8-12(3)9-14(4,5)6/h11-12H,8-10,16H2,1-7H3,(H,17,18). The van der Waals surface area contributed by atoms with E-state index in [1.165, 1.54) is 0 Å². The summed E-state index contributed by atoms with van der Waals surface area (Å²) in [4.78, 5) is 12.1. The molecule has 3 nitrogen and oxygen atoms in total. The van der Waals surface area contributed by atoms with Crippen molar-refractivity contribution in [3.05, 3.63) is 0 Å². The topological polar surface area (TPSA) is 55.1 Å². The molecule has 0 fully saturated rings. The van der Waals surface area contributed by atoms with Crippen molar-refractivity contribution in [2.45, 2.75) is 66.8 Å². The number of nitrogens with two attached hydrogens (primary N) is 1. The van der Waals surface area contributed by atoms with E-state index < -0.39 is 0 Å². The highest BCUT2D eigenvalue weighted by atomic mass is 16.1. The predicted octanol–water partition coefficient (Wildman–Crippen LogP) is 2.94. The van der Waals surface area contributed by atoms with Crippen LogP contribution in [-0.4, -0.2) is 18.0 Å². The predicted molar refractivity (Wildman–Crippen MR) is 78.3 cm³/mol. The first-order valence-corrected chi connectivity index (χ1v) is 7.01. The largest absolute Gasteiger partial charge is 0.349 e. The van der Waals surface area contributed by atoms with Crippen LogP contribution in [0.5, 0.6) is 0 Å². The van der Waals surface area contributed by atoms with E-state index in [9.17, 15) is 4.79 Å². The molecule has 3 heteroatoms. The van der Waals surface area contributed by atoms with Gasteiger partial charge in [0, 0.05) is 13.0 Å². The minimum atomic E-state index is -0.293. The fraction of sp³-hybridized carbons (Fsp3) is 0.933. The normalized spacial score (nSPS) is 17.4. The van der Waals surface area contributed by atoms with Crippen LogP contribution >= 0.6 is 0 Å². The molecule has 0 aromatic carbocycles. The molecule has 0 aromatic heterocycles. The number of hydrogen-bond donors (Lipinski definition) is 2. The minimum Gasteiger partial charge on any atom is -0.349 e. The van der Waals surface area contributed by atoms with Crippen molar-refractivity contribution in [2.75, 3.05) is 6.54 Å².